The summed E-state index contributed by atoms with van der Waals surface area (Å²) < 4.78 is 4.61. The Kier molecular flexibility index (Phi) is 4.49. The van der Waals surface area contributed by atoms with Crippen molar-refractivity contribution in [3.8, 4) is 0 Å². The van der Waals surface area contributed by atoms with Crippen molar-refractivity contribution in [2.45, 2.75) is 17.0 Å². The van der Waals surface area contributed by atoms with Crippen molar-refractivity contribution in [3.63, 3.8) is 0 Å². The van der Waals surface area contributed by atoms with Gasteiger partial charge in [-0.2, -0.15) is 0 Å². The fourth-order valence-electron chi connectivity index (χ4n) is 1.52. The first-order chi connectivity index (χ1) is 10.0. The van der Waals surface area contributed by atoms with E-state index >= 15 is 0 Å². The van der Waals surface area contributed by atoms with E-state index < -0.39 is 10.9 Å². The standard InChI is InChI=1S/C13H11N3O4S/c1-8-6-14-13(15-7-8)21-11-5-9(12(17)20-2)3-4-10(11)16(18)19/h3-7H,1-2H3. The summed E-state index contributed by atoms with van der Waals surface area (Å²) >= 11 is 1.02. The number of aromatic nitrogens is 2. The summed E-state index contributed by atoms with van der Waals surface area (Å²) in [5.74, 6) is -0.559. The van der Waals surface area contributed by atoms with E-state index in [9.17, 15) is 14.9 Å². The Morgan fingerprint density at radius 3 is 2.57 bits per heavy atom. The van der Waals surface area contributed by atoms with E-state index in [1.165, 1.54) is 25.3 Å². The molecule has 0 saturated heterocycles. The Labute approximate surface area is 124 Å². The van der Waals surface area contributed by atoms with Gasteiger partial charge in [-0.05, 0) is 36.4 Å². The predicted octanol–water partition coefficient (Wildman–Crippen LogP) is 2.63. The van der Waals surface area contributed by atoms with Crippen molar-refractivity contribution >= 4 is 23.4 Å². The highest BCUT2D eigenvalue weighted by molar-refractivity contribution is 7.99. The lowest BCUT2D eigenvalue weighted by molar-refractivity contribution is -0.387. The van der Waals surface area contributed by atoms with Gasteiger partial charge in [-0.15, -0.1) is 0 Å². The fourth-order valence-corrected chi connectivity index (χ4v) is 2.36. The number of rotatable bonds is 4. The van der Waals surface area contributed by atoms with E-state index in [0.29, 0.717) is 5.16 Å². The molecule has 1 aromatic heterocycles. The third kappa shape index (κ3) is 3.54. The van der Waals surface area contributed by atoms with Gasteiger partial charge in [0.2, 0.25) is 0 Å². The number of ether oxygens (including phenoxy) is 1. The number of benzene rings is 1. The summed E-state index contributed by atoms with van der Waals surface area (Å²) in [5, 5.41) is 11.4. The van der Waals surface area contributed by atoms with Crippen molar-refractivity contribution in [3.05, 3.63) is 51.8 Å². The van der Waals surface area contributed by atoms with Crippen molar-refractivity contribution in [2.75, 3.05) is 7.11 Å². The SMILES string of the molecule is COC(=O)c1ccc([N+](=O)[O-])c(Sc2ncc(C)cn2)c1. The molecule has 0 aliphatic rings. The van der Waals surface area contributed by atoms with Crippen molar-refractivity contribution < 1.29 is 14.5 Å². The molecular weight excluding hydrogens is 294 g/mol. The highest BCUT2D eigenvalue weighted by Gasteiger charge is 2.19. The van der Waals surface area contributed by atoms with Crippen LogP contribution in [0, 0.1) is 17.0 Å². The molecule has 0 amide bonds. The number of nitro groups is 1. The quantitative estimate of drug-likeness (QED) is 0.371. The Morgan fingerprint density at radius 1 is 1.33 bits per heavy atom. The normalized spacial score (nSPS) is 10.2. The number of methoxy groups -OCH3 is 1. The Bertz CT molecular complexity index is 688. The minimum Gasteiger partial charge on any atom is -0.465 e. The number of nitro benzene ring substituents is 1. The first-order valence-corrected chi connectivity index (χ1v) is 6.66. The van der Waals surface area contributed by atoms with Gasteiger partial charge in [-0.25, -0.2) is 14.8 Å². The second-order valence-corrected chi connectivity index (χ2v) is 5.09. The Morgan fingerprint density at radius 2 is 2.00 bits per heavy atom. The molecule has 0 N–H and O–H groups in total. The first-order valence-electron chi connectivity index (χ1n) is 5.84. The zero-order valence-corrected chi connectivity index (χ0v) is 12.1. The molecule has 0 aliphatic heterocycles. The first kappa shape index (κ1) is 14.9. The Balaban J connectivity index is 2.40. The summed E-state index contributed by atoms with van der Waals surface area (Å²) in [6.07, 6.45) is 3.23. The maximum atomic E-state index is 11.5. The van der Waals surface area contributed by atoms with Gasteiger partial charge in [-0.3, -0.25) is 10.1 Å². The molecular formula is C13H11N3O4S. The molecule has 108 valence electrons. The molecule has 8 heteroatoms. The number of carbonyl (C=O) groups is 1. The van der Waals surface area contributed by atoms with Crippen LogP contribution in [-0.4, -0.2) is 28.0 Å². The van der Waals surface area contributed by atoms with Crippen LogP contribution in [0.4, 0.5) is 5.69 Å². The van der Waals surface area contributed by atoms with Crippen molar-refractivity contribution in [1.82, 2.24) is 9.97 Å². The third-order valence-corrected chi connectivity index (χ3v) is 3.48. The van der Waals surface area contributed by atoms with Gasteiger partial charge < -0.3 is 4.74 Å². The second kappa shape index (κ2) is 6.31. The lowest BCUT2D eigenvalue weighted by Gasteiger charge is -2.04. The smallest absolute Gasteiger partial charge is 0.337 e. The highest BCUT2D eigenvalue weighted by Crippen LogP contribution is 2.33. The van der Waals surface area contributed by atoms with Gasteiger partial charge in [0, 0.05) is 18.5 Å². The van der Waals surface area contributed by atoms with Crippen LogP contribution in [0.15, 0.2) is 40.6 Å². The molecule has 1 heterocycles. The van der Waals surface area contributed by atoms with Crippen LogP contribution in [-0.2, 0) is 4.74 Å². The lowest BCUT2D eigenvalue weighted by atomic mass is 10.2. The monoisotopic (exact) mass is 305 g/mol. The van der Waals surface area contributed by atoms with E-state index in [2.05, 4.69) is 14.7 Å². The van der Waals surface area contributed by atoms with Crippen LogP contribution in [0.3, 0.4) is 0 Å². The van der Waals surface area contributed by atoms with Crippen molar-refractivity contribution in [1.29, 1.82) is 0 Å². The molecule has 0 spiro atoms. The molecule has 0 bridgehead atoms. The van der Waals surface area contributed by atoms with Crippen LogP contribution in [0.1, 0.15) is 15.9 Å². The number of hydrogen-bond acceptors (Lipinski definition) is 7. The van der Waals surface area contributed by atoms with Gasteiger partial charge in [-0.1, -0.05) is 0 Å². The third-order valence-electron chi connectivity index (χ3n) is 2.54. The summed E-state index contributed by atoms with van der Waals surface area (Å²) in [7, 11) is 1.25. The Hall–Kier alpha value is -2.48. The van der Waals surface area contributed by atoms with Crippen LogP contribution >= 0.6 is 11.8 Å². The highest BCUT2D eigenvalue weighted by atomic mass is 32.2. The zero-order chi connectivity index (χ0) is 15.4. The van der Waals surface area contributed by atoms with Crippen LogP contribution in [0.2, 0.25) is 0 Å². The maximum Gasteiger partial charge on any atom is 0.337 e. The van der Waals surface area contributed by atoms with Gasteiger partial charge in [0.05, 0.1) is 22.5 Å². The van der Waals surface area contributed by atoms with E-state index in [-0.39, 0.29) is 16.1 Å². The van der Waals surface area contributed by atoms with Crippen LogP contribution in [0.25, 0.3) is 0 Å². The molecule has 0 aliphatic carbocycles. The molecule has 0 unspecified atom stereocenters. The second-order valence-electron chi connectivity index (χ2n) is 4.08. The molecule has 7 nitrogen and oxygen atoms in total. The van der Waals surface area contributed by atoms with E-state index in [1.807, 2.05) is 6.92 Å². The zero-order valence-electron chi connectivity index (χ0n) is 11.3. The molecule has 2 aromatic rings. The molecule has 2 rings (SSSR count). The number of hydrogen-bond donors (Lipinski definition) is 0. The van der Waals surface area contributed by atoms with E-state index in [0.717, 1.165) is 17.3 Å². The number of esters is 1. The number of aryl methyl sites for hydroxylation is 1. The lowest BCUT2D eigenvalue weighted by Crippen LogP contribution is -2.02. The molecule has 0 saturated carbocycles. The molecule has 0 atom stereocenters. The minimum absolute atomic E-state index is 0.114. The van der Waals surface area contributed by atoms with Crippen molar-refractivity contribution in [2.24, 2.45) is 0 Å². The summed E-state index contributed by atoms with van der Waals surface area (Å²) in [4.78, 5) is 30.5. The summed E-state index contributed by atoms with van der Waals surface area (Å²) in [5.41, 5.74) is 1.01. The van der Waals surface area contributed by atoms with Crippen LogP contribution < -0.4 is 0 Å². The van der Waals surface area contributed by atoms with E-state index in [4.69, 9.17) is 0 Å². The van der Waals surface area contributed by atoms with Gasteiger partial charge in [0.15, 0.2) is 5.16 Å². The summed E-state index contributed by atoms with van der Waals surface area (Å²) in [6, 6.07) is 4.02. The van der Waals surface area contributed by atoms with Crippen LogP contribution in [0.5, 0.6) is 0 Å². The predicted molar refractivity (Wildman–Crippen MR) is 75.3 cm³/mol. The topological polar surface area (TPSA) is 95.2 Å². The molecule has 21 heavy (non-hydrogen) atoms. The van der Waals surface area contributed by atoms with Gasteiger partial charge >= 0.3 is 5.97 Å². The fraction of sp³-hybridized carbons (Fsp3) is 0.154. The maximum absolute atomic E-state index is 11.5. The van der Waals surface area contributed by atoms with E-state index in [1.54, 1.807) is 12.4 Å². The molecule has 0 fully saturated rings. The van der Waals surface area contributed by atoms with Gasteiger partial charge in [0.25, 0.3) is 5.69 Å². The summed E-state index contributed by atoms with van der Waals surface area (Å²) in [6.45, 7) is 1.84. The number of carbonyl (C=O) groups excluding carboxylic acids is 1. The molecule has 1 aromatic carbocycles. The van der Waals surface area contributed by atoms with Gasteiger partial charge in [0.1, 0.15) is 0 Å². The average molecular weight is 305 g/mol. The largest absolute Gasteiger partial charge is 0.465 e. The minimum atomic E-state index is -0.559. The molecule has 0 radical (unpaired) electrons. The number of nitrogens with zero attached hydrogens (tertiary/aromatic N) is 3. The average Bonchev–Trinajstić information content (AvgIpc) is 2.48.